The summed E-state index contributed by atoms with van der Waals surface area (Å²) in [7, 11) is 0. The molecule has 2 nitrogen and oxygen atoms in total. The van der Waals surface area contributed by atoms with Crippen molar-refractivity contribution < 1.29 is 8.78 Å². The van der Waals surface area contributed by atoms with E-state index in [2.05, 4.69) is 4.98 Å². The number of rotatable bonds is 2. The number of aromatic nitrogens is 1. The average Bonchev–Trinajstić information content (AvgIpc) is 2.70. The van der Waals surface area contributed by atoms with Gasteiger partial charge in [0.2, 0.25) is 0 Å². The van der Waals surface area contributed by atoms with E-state index in [1.165, 1.54) is 0 Å². The quantitative estimate of drug-likeness (QED) is 0.771. The topological polar surface area (TPSA) is 38.9 Å². The molecule has 1 aromatic heterocycles. The normalized spacial score (nSPS) is 28.9. The zero-order valence-corrected chi connectivity index (χ0v) is 8.06. The second-order valence-corrected chi connectivity index (χ2v) is 3.90. The van der Waals surface area contributed by atoms with Gasteiger partial charge in [-0.25, -0.2) is 13.8 Å². The summed E-state index contributed by atoms with van der Waals surface area (Å²) in [6, 6.07) is 4.70. The summed E-state index contributed by atoms with van der Waals surface area (Å²) in [5, 5.41) is 0.220. The Hall–Kier alpha value is -0.740. The monoisotopic (exact) mass is 218 g/mol. The van der Waals surface area contributed by atoms with Crippen LogP contribution in [0.5, 0.6) is 0 Å². The van der Waals surface area contributed by atoms with Crippen LogP contribution in [-0.4, -0.2) is 17.5 Å². The lowest BCUT2D eigenvalue weighted by atomic mass is 10.0. The van der Waals surface area contributed by atoms with Gasteiger partial charge < -0.3 is 5.73 Å². The molecule has 0 spiro atoms. The Labute approximate surface area is 85.1 Å². The van der Waals surface area contributed by atoms with Crippen LogP contribution in [0, 0.1) is 0 Å². The van der Waals surface area contributed by atoms with Gasteiger partial charge in [0, 0.05) is 13.0 Å². The molecule has 5 heteroatoms. The second kappa shape index (κ2) is 2.87. The van der Waals surface area contributed by atoms with Gasteiger partial charge in [0.05, 0.1) is 11.1 Å². The fraction of sp³-hybridized carbons (Fsp3) is 0.444. The Balaban J connectivity index is 2.40. The number of alkyl halides is 2. The van der Waals surface area contributed by atoms with Gasteiger partial charge >= 0.3 is 0 Å². The molecular weight excluding hydrogens is 210 g/mol. The number of nitrogens with zero attached hydrogens (tertiary/aromatic N) is 1. The predicted octanol–water partition coefficient (Wildman–Crippen LogP) is 1.97. The molecule has 1 heterocycles. The molecule has 0 aliphatic heterocycles. The first-order chi connectivity index (χ1) is 6.52. The summed E-state index contributed by atoms with van der Waals surface area (Å²) in [5.41, 5.74) is 4.37. The number of hydrogen-bond acceptors (Lipinski definition) is 2. The number of pyridine rings is 1. The van der Waals surface area contributed by atoms with Crippen LogP contribution in [0.2, 0.25) is 5.15 Å². The standard InChI is InChI=1S/C9H9ClF2N2/c10-7-3-1-2-6(14-7)8(5-13)4-9(8,11)12/h1-3H,4-5,13H2. The highest BCUT2D eigenvalue weighted by Gasteiger charge is 2.72. The minimum absolute atomic E-state index is 0.104. The van der Waals surface area contributed by atoms with Crippen molar-refractivity contribution in [3.8, 4) is 0 Å². The van der Waals surface area contributed by atoms with Gasteiger partial charge in [-0.2, -0.15) is 0 Å². The van der Waals surface area contributed by atoms with Gasteiger partial charge in [0.25, 0.3) is 5.92 Å². The van der Waals surface area contributed by atoms with E-state index < -0.39 is 11.3 Å². The van der Waals surface area contributed by atoms with E-state index in [0.29, 0.717) is 0 Å². The molecule has 1 aromatic rings. The molecule has 14 heavy (non-hydrogen) atoms. The van der Waals surface area contributed by atoms with Crippen molar-refractivity contribution in [1.29, 1.82) is 0 Å². The molecule has 2 rings (SSSR count). The molecule has 0 amide bonds. The molecule has 1 atom stereocenters. The molecule has 0 saturated heterocycles. The zero-order valence-electron chi connectivity index (χ0n) is 7.30. The van der Waals surface area contributed by atoms with Gasteiger partial charge in [0.15, 0.2) is 0 Å². The molecule has 1 unspecified atom stereocenters. The predicted molar refractivity (Wildman–Crippen MR) is 49.5 cm³/mol. The van der Waals surface area contributed by atoms with Gasteiger partial charge in [-0.1, -0.05) is 17.7 Å². The van der Waals surface area contributed by atoms with Crippen molar-refractivity contribution in [2.75, 3.05) is 6.54 Å². The molecule has 1 saturated carbocycles. The smallest absolute Gasteiger partial charge is 0.261 e. The van der Waals surface area contributed by atoms with Crippen LogP contribution in [0.3, 0.4) is 0 Å². The fourth-order valence-electron chi connectivity index (χ4n) is 1.61. The van der Waals surface area contributed by atoms with Crippen molar-refractivity contribution in [2.45, 2.75) is 17.8 Å². The van der Waals surface area contributed by atoms with E-state index in [4.69, 9.17) is 17.3 Å². The van der Waals surface area contributed by atoms with Crippen LogP contribution in [0.1, 0.15) is 12.1 Å². The molecule has 0 radical (unpaired) electrons. The number of nitrogens with two attached hydrogens (primary N) is 1. The van der Waals surface area contributed by atoms with E-state index in [1.54, 1.807) is 18.2 Å². The van der Waals surface area contributed by atoms with Crippen LogP contribution >= 0.6 is 11.6 Å². The van der Waals surface area contributed by atoms with Crippen LogP contribution in [0.15, 0.2) is 18.2 Å². The molecule has 1 aliphatic carbocycles. The molecular formula is C9H9ClF2N2. The Kier molecular flexibility index (Phi) is 2.01. The molecule has 0 bridgehead atoms. The summed E-state index contributed by atoms with van der Waals surface area (Å²) in [5.74, 6) is -2.74. The third-order valence-electron chi connectivity index (χ3n) is 2.65. The number of halogens is 3. The zero-order chi connectivity index (χ0) is 10.4. The van der Waals surface area contributed by atoms with Gasteiger partial charge in [-0.05, 0) is 12.1 Å². The molecule has 1 fully saturated rings. The van der Waals surface area contributed by atoms with E-state index in [9.17, 15) is 8.78 Å². The Morgan fingerprint density at radius 1 is 1.50 bits per heavy atom. The van der Waals surface area contributed by atoms with Crippen LogP contribution in [0.25, 0.3) is 0 Å². The first kappa shape index (κ1) is 9.80. The van der Waals surface area contributed by atoms with Crippen LogP contribution in [0.4, 0.5) is 8.78 Å². The van der Waals surface area contributed by atoms with Gasteiger partial charge in [-0.3, -0.25) is 0 Å². The summed E-state index contributed by atoms with van der Waals surface area (Å²) in [4.78, 5) is 3.88. The second-order valence-electron chi connectivity index (χ2n) is 3.51. The third kappa shape index (κ3) is 1.21. The Bertz CT molecular complexity index is 370. The summed E-state index contributed by atoms with van der Waals surface area (Å²) in [6.07, 6.45) is -0.232. The minimum Gasteiger partial charge on any atom is -0.329 e. The Morgan fingerprint density at radius 2 is 2.14 bits per heavy atom. The van der Waals surface area contributed by atoms with Crippen LogP contribution in [-0.2, 0) is 5.41 Å². The van der Waals surface area contributed by atoms with Crippen LogP contribution < -0.4 is 5.73 Å². The first-order valence-corrected chi connectivity index (χ1v) is 4.61. The van der Waals surface area contributed by atoms with E-state index in [-0.39, 0.29) is 23.8 Å². The lowest BCUT2D eigenvalue weighted by molar-refractivity contribution is 0.0886. The van der Waals surface area contributed by atoms with E-state index in [1.807, 2.05) is 0 Å². The molecule has 0 aromatic carbocycles. The molecule has 1 aliphatic rings. The van der Waals surface area contributed by atoms with Crippen molar-refractivity contribution in [2.24, 2.45) is 5.73 Å². The van der Waals surface area contributed by atoms with Crippen molar-refractivity contribution >= 4 is 11.6 Å². The molecule has 76 valence electrons. The minimum atomic E-state index is -2.74. The first-order valence-electron chi connectivity index (χ1n) is 4.23. The van der Waals surface area contributed by atoms with E-state index >= 15 is 0 Å². The summed E-state index contributed by atoms with van der Waals surface area (Å²) >= 11 is 5.63. The van der Waals surface area contributed by atoms with Crippen molar-refractivity contribution in [1.82, 2.24) is 4.98 Å². The average molecular weight is 219 g/mol. The maximum absolute atomic E-state index is 13.1. The lowest BCUT2D eigenvalue weighted by Gasteiger charge is -2.12. The fourth-order valence-corrected chi connectivity index (χ4v) is 1.78. The number of hydrogen-bond donors (Lipinski definition) is 1. The highest BCUT2D eigenvalue weighted by atomic mass is 35.5. The maximum atomic E-state index is 13.1. The highest BCUT2D eigenvalue weighted by molar-refractivity contribution is 6.29. The molecule has 2 N–H and O–H groups in total. The third-order valence-corrected chi connectivity index (χ3v) is 2.86. The van der Waals surface area contributed by atoms with Crippen molar-refractivity contribution in [3.05, 3.63) is 29.0 Å². The van der Waals surface area contributed by atoms with Gasteiger partial charge in [-0.15, -0.1) is 0 Å². The largest absolute Gasteiger partial charge is 0.329 e. The SMILES string of the molecule is NCC1(c2cccc(Cl)n2)CC1(F)F. The van der Waals surface area contributed by atoms with Crippen molar-refractivity contribution in [3.63, 3.8) is 0 Å². The maximum Gasteiger partial charge on any atom is 0.261 e. The summed E-state index contributed by atoms with van der Waals surface area (Å²) in [6.45, 7) is -0.104. The van der Waals surface area contributed by atoms with Gasteiger partial charge in [0.1, 0.15) is 5.15 Å². The highest BCUT2D eigenvalue weighted by Crippen LogP contribution is 2.60. The lowest BCUT2D eigenvalue weighted by Crippen LogP contribution is -2.27. The van der Waals surface area contributed by atoms with E-state index in [0.717, 1.165) is 0 Å². The Morgan fingerprint density at radius 3 is 2.57 bits per heavy atom. The summed E-state index contributed by atoms with van der Waals surface area (Å²) < 4.78 is 26.2.